The summed E-state index contributed by atoms with van der Waals surface area (Å²) in [7, 11) is 0. The van der Waals surface area contributed by atoms with Crippen molar-refractivity contribution in [1.82, 2.24) is 0 Å². The van der Waals surface area contributed by atoms with Crippen LogP contribution in [0, 0.1) is 26.5 Å². The van der Waals surface area contributed by atoms with Crippen molar-refractivity contribution < 1.29 is 23.3 Å². The molecule has 0 aromatic rings. The predicted molar refractivity (Wildman–Crippen MR) is 88.2 cm³/mol. The monoisotopic (exact) mass is 380 g/mol. The van der Waals surface area contributed by atoms with E-state index in [0.29, 0.717) is 0 Å². The molecule has 0 saturated heterocycles. The molecule has 0 saturated carbocycles. The van der Waals surface area contributed by atoms with Crippen molar-refractivity contribution in [3.63, 3.8) is 0 Å². The standard InChI is InChI=1S/2C5H5.C3H7.CH3.2ClH.H2Si.Zr/c2*1-2-4-5-3-1;1-3-2;;;;;/h2*1-3H,4H2;1,3H2,2H3;1H3;2*1H;1H2;/q4*-1;;;;. The van der Waals surface area contributed by atoms with Crippen LogP contribution in [-0.2, 0) is 23.3 Å². The van der Waals surface area contributed by atoms with Crippen LogP contribution in [0.4, 0.5) is 0 Å². The third-order valence-corrected chi connectivity index (χ3v) is 1.17. The summed E-state index contributed by atoms with van der Waals surface area (Å²) in [5.41, 5.74) is 0. The molecular weight excluding hydrogens is 358 g/mol. The molecule has 0 bridgehead atoms. The zero-order chi connectivity index (χ0) is 11.8. The van der Waals surface area contributed by atoms with Gasteiger partial charge in [-0.15, -0.1) is 37.7 Å². The number of halogens is 2. The Hall–Kier alpha value is 0.640. The van der Waals surface area contributed by atoms with E-state index in [4.69, 9.17) is 0 Å². The molecule has 0 fully saturated rings. The summed E-state index contributed by atoms with van der Waals surface area (Å²) in [5, 5.41) is 0. The van der Waals surface area contributed by atoms with Gasteiger partial charge in [0.2, 0.25) is 0 Å². The first-order chi connectivity index (χ1) is 7.41. The molecule has 0 N–H and O–H groups in total. The fourth-order valence-electron chi connectivity index (χ4n) is 0.680. The third-order valence-electron chi connectivity index (χ3n) is 1.17. The van der Waals surface area contributed by atoms with Gasteiger partial charge in [0.1, 0.15) is 0 Å². The van der Waals surface area contributed by atoms with Crippen molar-refractivity contribution in [1.29, 1.82) is 0 Å². The molecule has 0 aliphatic heterocycles. The first kappa shape index (κ1) is 31.2. The molecule has 106 valence electrons. The number of hydrogen-bond donors (Lipinski definition) is 0. The summed E-state index contributed by atoms with van der Waals surface area (Å²) in [4.78, 5) is 0. The maximum atomic E-state index is 3.49. The van der Waals surface area contributed by atoms with E-state index in [-0.39, 0.29) is 32.2 Å². The summed E-state index contributed by atoms with van der Waals surface area (Å²) >= 11 is 1.58. The molecule has 18 heavy (non-hydrogen) atoms. The van der Waals surface area contributed by atoms with Crippen LogP contribution < -0.4 is 0 Å². The van der Waals surface area contributed by atoms with Gasteiger partial charge >= 0.3 is 30.2 Å². The molecule has 0 spiro atoms. The summed E-state index contributed by atoms with van der Waals surface area (Å²) in [5.74, 6) is 0. The van der Waals surface area contributed by atoms with Crippen molar-refractivity contribution in [3.8, 4) is 0 Å². The van der Waals surface area contributed by atoms with E-state index in [1.54, 1.807) is 23.3 Å². The second-order valence-corrected chi connectivity index (χ2v) is 2.51. The van der Waals surface area contributed by atoms with Crippen LogP contribution in [-0.4, -0.2) is 6.88 Å². The van der Waals surface area contributed by atoms with Gasteiger partial charge in [-0.05, 0) is 0 Å². The maximum absolute atomic E-state index is 3.49. The van der Waals surface area contributed by atoms with Crippen molar-refractivity contribution in [2.45, 2.75) is 26.2 Å². The van der Waals surface area contributed by atoms with E-state index in [9.17, 15) is 0 Å². The molecule has 0 radical (unpaired) electrons. The van der Waals surface area contributed by atoms with Gasteiger partial charge in [0, 0.05) is 0 Å². The van der Waals surface area contributed by atoms with E-state index in [1.807, 2.05) is 38.1 Å². The van der Waals surface area contributed by atoms with Gasteiger partial charge in [0.15, 0.2) is 0 Å². The quantitative estimate of drug-likeness (QED) is 0.435. The van der Waals surface area contributed by atoms with Crippen molar-refractivity contribution in [2.75, 3.05) is 0 Å². The van der Waals surface area contributed by atoms with Gasteiger partial charge < -0.3 is 14.4 Å². The van der Waals surface area contributed by atoms with Crippen LogP contribution in [0.5, 0.6) is 0 Å². The van der Waals surface area contributed by atoms with Gasteiger partial charge in [0.05, 0.1) is 0 Å². The SMILES string of the molecule is Cl.Cl.[C-]1=CC=CC1.[C-]1=CC=CC1.[CH2-]CC.[CH3-].[SiH2]=[Zr]. The molecule has 2 rings (SSSR count). The van der Waals surface area contributed by atoms with Crippen LogP contribution in [0.2, 0.25) is 0 Å². The molecular formula is C14H24Cl2SiZr-4. The van der Waals surface area contributed by atoms with Gasteiger partial charge in [-0.25, -0.2) is 24.3 Å². The summed E-state index contributed by atoms with van der Waals surface area (Å²) < 4.78 is 0. The fourth-order valence-corrected chi connectivity index (χ4v) is 0.680. The topological polar surface area (TPSA) is 0 Å². The van der Waals surface area contributed by atoms with Crippen LogP contribution >= 0.6 is 24.8 Å². The second-order valence-electron chi connectivity index (χ2n) is 2.51. The molecule has 0 nitrogen and oxygen atoms in total. The summed E-state index contributed by atoms with van der Waals surface area (Å²) in [6.45, 7) is 7.45. The van der Waals surface area contributed by atoms with E-state index >= 15 is 0 Å². The molecule has 0 unspecified atom stereocenters. The molecule has 0 atom stereocenters. The molecule has 0 aromatic heterocycles. The van der Waals surface area contributed by atoms with Gasteiger partial charge in [-0.2, -0.15) is 18.6 Å². The Morgan fingerprint density at radius 1 is 1.06 bits per heavy atom. The Kier molecular flexibility index (Phi) is 62.4. The van der Waals surface area contributed by atoms with E-state index in [1.165, 1.54) is 0 Å². The fraction of sp³-hybridized carbons (Fsp3) is 0.286. The molecule has 0 aromatic carbocycles. The summed E-state index contributed by atoms with van der Waals surface area (Å²) in [6.07, 6.45) is 21.0. The Morgan fingerprint density at radius 3 is 1.39 bits per heavy atom. The van der Waals surface area contributed by atoms with E-state index in [2.05, 4.69) is 31.2 Å². The number of hydrogen-bond acceptors (Lipinski definition) is 0. The molecule has 0 amide bonds. The predicted octanol–water partition coefficient (Wildman–Crippen LogP) is 4.22. The average Bonchev–Trinajstić information content (AvgIpc) is 3.01. The van der Waals surface area contributed by atoms with Crippen molar-refractivity contribution in [2.24, 2.45) is 0 Å². The summed E-state index contributed by atoms with van der Waals surface area (Å²) in [6, 6.07) is 0. The van der Waals surface area contributed by atoms with E-state index < -0.39 is 0 Å². The van der Waals surface area contributed by atoms with Crippen LogP contribution in [0.3, 0.4) is 0 Å². The zero-order valence-electron chi connectivity index (χ0n) is 11.3. The Balaban J connectivity index is -0.0000000418. The number of rotatable bonds is 0. The third kappa shape index (κ3) is 36.0. The minimum absolute atomic E-state index is 0. The first-order valence-corrected chi connectivity index (χ1v) is 10.9. The Bertz CT molecular complexity index is 182. The Morgan fingerprint density at radius 2 is 1.33 bits per heavy atom. The molecule has 0 heterocycles. The molecule has 4 heteroatoms. The Labute approximate surface area is 143 Å². The van der Waals surface area contributed by atoms with E-state index in [0.717, 1.165) is 19.3 Å². The van der Waals surface area contributed by atoms with Gasteiger partial charge in [0.25, 0.3) is 0 Å². The van der Waals surface area contributed by atoms with Gasteiger partial charge in [-0.3, -0.25) is 12.2 Å². The minimum atomic E-state index is 0. The first-order valence-electron chi connectivity index (χ1n) is 4.99. The van der Waals surface area contributed by atoms with Crippen LogP contribution in [0.15, 0.2) is 36.5 Å². The van der Waals surface area contributed by atoms with Crippen LogP contribution in [0.25, 0.3) is 0 Å². The van der Waals surface area contributed by atoms with Crippen molar-refractivity contribution in [3.05, 3.63) is 63.0 Å². The van der Waals surface area contributed by atoms with Gasteiger partial charge in [-0.1, -0.05) is 6.92 Å². The zero-order valence-corrected chi connectivity index (χ0v) is 16.8. The normalized spacial score (nSPS) is 10.9. The van der Waals surface area contributed by atoms with Crippen molar-refractivity contribution >= 4 is 31.7 Å². The molecule has 2 aliphatic carbocycles. The van der Waals surface area contributed by atoms with Crippen LogP contribution in [0.1, 0.15) is 26.2 Å². The number of allylic oxidation sites excluding steroid dienone is 8. The molecule has 2 aliphatic rings. The second kappa shape index (κ2) is 36.0. The average molecular weight is 383 g/mol.